The Bertz CT molecular complexity index is 561. The van der Waals surface area contributed by atoms with Gasteiger partial charge in [-0.3, -0.25) is 0 Å². The highest BCUT2D eigenvalue weighted by atomic mass is 127. The second-order valence-corrected chi connectivity index (χ2v) is 5.50. The molecule has 1 N–H and O–H groups in total. The van der Waals surface area contributed by atoms with Crippen LogP contribution in [0.2, 0.25) is 0 Å². The van der Waals surface area contributed by atoms with Gasteiger partial charge in [0.1, 0.15) is 18.2 Å². The van der Waals surface area contributed by atoms with Gasteiger partial charge in [0.2, 0.25) is 0 Å². The Hall–Kier alpha value is -1.37. The van der Waals surface area contributed by atoms with Crippen LogP contribution in [0.5, 0.6) is 5.75 Å². The fourth-order valence-electron chi connectivity index (χ4n) is 1.71. The number of rotatable bonds is 6. The van der Waals surface area contributed by atoms with Crippen molar-refractivity contribution >= 4 is 28.4 Å². The summed E-state index contributed by atoms with van der Waals surface area (Å²) < 4.78 is 6.76. The van der Waals surface area contributed by atoms with Crippen molar-refractivity contribution in [2.45, 2.75) is 26.9 Å². The van der Waals surface area contributed by atoms with E-state index < -0.39 is 0 Å². The van der Waals surface area contributed by atoms with E-state index in [4.69, 9.17) is 4.74 Å². The Labute approximate surface area is 133 Å². The monoisotopic (exact) mass is 383 g/mol. The third-order valence-corrected chi connectivity index (χ3v) is 4.01. The lowest BCUT2D eigenvalue weighted by Gasteiger charge is -2.11. The number of para-hydroxylation sites is 1. The predicted molar refractivity (Wildman–Crippen MR) is 89.0 cm³/mol. The normalized spacial score (nSPS) is 10.3. The van der Waals surface area contributed by atoms with Gasteiger partial charge in [-0.1, -0.05) is 25.1 Å². The maximum absolute atomic E-state index is 5.69. The number of ether oxygens (including phenoxy) is 1. The summed E-state index contributed by atoms with van der Waals surface area (Å²) >= 11 is 2.27. The summed E-state index contributed by atoms with van der Waals surface area (Å²) in [6.45, 7) is 5.41. The molecule has 0 spiro atoms. The third-order valence-electron chi connectivity index (χ3n) is 2.72. The van der Waals surface area contributed by atoms with Crippen molar-refractivity contribution in [3.8, 4) is 5.75 Å². The van der Waals surface area contributed by atoms with Gasteiger partial charge in [-0.2, -0.15) is 0 Å². The summed E-state index contributed by atoms with van der Waals surface area (Å²) in [4.78, 5) is 9.00. The van der Waals surface area contributed by atoms with Crippen molar-refractivity contribution in [3.63, 3.8) is 0 Å². The summed E-state index contributed by atoms with van der Waals surface area (Å²) in [7, 11) is 0. The lowest BCUT2D eigenvalue weighted by Crippen LogP contribution is -2.10. The van der Waals surface area contributed by atoms with Crippen LogP contribution in [-0.4, -0.2) is 16.5 Å². The molecule has 0 amide bonds. The number of hydrogen-bond acceptors (Lipinski definition) is 4. The van der Waals surface area contributed by atoms with Crippen molar-refractivity contribution in [3.05, 3.63) is 45.4 Å². The minimum atomic E-state index is 0.378. The second-order valence-electron chi connectivity index (χ2n) is 4.42. The largest absolute Gasteiger partial charge is 0.486 e. The van der Waals surface area contributed by atoms with E-state index in [2.05, 4.69) is 44.8 Å². The van der Waals surface area contributed by atoms with E-state index in [1.54, 1.807) is 0 Å². The highest BCUT2D eigenvalue weighted by Gasteiger charge is 2.09. The predicted octanol–water partition coefficient (Wildman–Crippen LogP) is 3.79. The molecule has 0 fully saturated rings. The lowest BCUT2D eigenvalue weighted by atomic mass is 10.3. The highest BCUT2D eigenvalue weighted by molar-refractivity contribution is 14.1. The maximum Gasteiger partial charge on any atom is 0.168 e. The molecule has 5 heteroatoms. The fourth-order valence-corrected chi connectivity index (χ4v) is 2.14. The van der Waals surface area contributed by atoms with Gasteiger partial charge >= 0.3 is 0 Å². The number of aromatic nitrogens is 2. The molecule has 2 rings (SSSR count). The standard InChI is InChI=1S/C15H18IN3O/c1-3-9-17-15-14(16)11(2)18-13(19-15)10-20-12-7-5-4-6-8-12/h4-8H,3,9-10H2,1-2H3,(H,17,18,19). The molecule has 0 radical (unpaired) electrons. The first-order chi connectivity index (χ1) is 9.70. The molecule has 4 nitrogen and oxygen atoms in total. The quantitative estimate of drug-likeness (QED) is 0.772. The van der Waals surface area contributed by atoms with Gasteiger partial charge in [-0.15, -0.1) is 0 Å². The summed E-state index contributed by atoms with van der Waals surface area (Å²) in [6.07, 6.45) is 1.06. The van der Waals surface area contributed by atoms with Crippen LogP contribution in [0.1, 0.15) is 24.9 Å². The van der Waals surface area contributed by atoms with Crippen molar-refractivity contribution < 1.29 is 4.74 Å². The minimum absolute atomic E-state index is 0.378. The smallest absolute Gasteiger partial charge is 0.168 e. The second kappa shape index (κ2) is 7.42. The number of hydrogen-bond donors (Lipinski definition) is 1. The number of aryl methyl sites for hydroxylation is 1. The summed E-state index contributed by atoms with van der Waals surface area (Å²) in [6, 6.07) is 9.71. The van der Waals surface area contributed by atoms with Crippen molar-refractivity contribution in [2.75, 3.05) is 11.9 Å². The molecule has 0 aliphatic carbocycles. The molecule has 0 bridgehead atoms. The average molecular weight is 383 g/mol. The van der Waals surface area contributed by atoms with Crippen molar-refractivity contribution in [2.24, 2.45) is 0 Å². The van der Waals surface area contributed by atoms with Gasteiger partial charge in [0.15, 0.2) is 5.82 Å². The molecule has 106 valence electrons. The fraction of sp³-hybridized carbons (Fsp3) is 0.333. The van der Waals surface area contributed by atoms with Gasteiger partial charge in [0.25, 0.3) is 0 Å². The first-order valence-corrected chi connectivity index (χ1v) is 7.73. The summed E-state index contributed by atoms with van der Waals surface area (Å²) in [5.74, 6) is 2.42. The van der Waals surface area contributed by atoms with E-state index in [1.165, 1.54) is 0 Å². The molecule has 0 aliphatic rings. The SMILES string of the molecule is CCCNc1nc(COc2ccccc2)nc(C)c1I. The van der Waals surface area contributed by atoms with Gasteiger partial charge in [-0.05, 0) is 48.1 Å². The van der Waals surface area contributed by atoms with Crippen LogP contribution in [0.25, 0.3) is 0 Å². The molecule has 1 aromatic carbocycles. The molecule has 0 aliphatic heterocycles. The molecule has 0 saturated heterocycles. The Kier molecular flexibility index (Phi) is 5.58. The number of anilines is 1. The zero-order valence-electron chi connectivity index (χ0n) is 11.7. The number of benzene rings is 1. The molecule has 0 unspecified atom stereocenters. The van der Waals surface area contributed by atoms with E-state index in [9.17, 15) is 0 Å². The molecule has 1 aromatic heterocycles. The van der Waals surface area contributed by atoms with Crippen LogP contribution >= 0.6 is 22.6 Å². The zero-order chi connectivity index (χ0) is 14.4. The molecular weight excluding hydrogens is 365 g/mol. The summed E-state index contributed by atoms with van der Waals surface area (Å²) in [5.41, 5.74) is 0.978. The van der Waals surface area contributed by atoms with E-state index in [-0.39, 0.29) is 0 Å². The van der Waals surface area contributed by atoms with Crippen molar-refractivity contribution in [1.29, 1.82) is 0 Å². The van der Waals surface area contributed by atoms with Crippen molar-refractivity contribution in [1.82, 2.24) is 9.97 Å². The minimum Gasteiger partial charge on any atom is -0.486 e. The Morgan fingerprint density at radius 1 is 1.20 bits per heavy atom. The topological polar surface area (TPSA) is 47.0 Å². The third kappa shape index (κ3) is 4.06. The average Bonchev–Trinajstić information content (AvgIpc) is 2.48. The van der Waals surface area contributed by atoms with Crippen LogP contribution in [-0.2, 0) is 6.61 Å². The van der Waals surface area contributed by atoms with Crippen LogP contribution in [0, 0.1) is 10.5 Å². The van der Waals surface area contributed by atoms with E-state index in [1.807, 2.05) is 37.3 Å². The Balaban J connectivity index is 2.09. The molecule has 2 aromatic rings. The number of nitrogens with zero attached hydrogens (tertiary/aromatic N) is 2. The van der Waals surface area contributed by atoms with Gasteiger partial charge < -0.3 is 10.1 Å². The molecule has 0 saturated carbocycles. The van der Waals surface area contributed by atoms with Gasteiger partial charge in [-0.25, -0.2) is 9.97 Å². The van der Waals surface area contributed by atoms with Gasteiger partial charge in [0, 0.05) is 6.54 Å². The van der Waals surface area contributed by atoms with Crippen LogP contribution in [0.4, 0.5) is 5.82 Å². The Morgan fingerprint density at radius 2 is 1.95 bits per heavy atom. The first-order valence-electron chi connectivity index (χ1n) is 6.65. The van der Waals surface area contributed by atoms with E-state index >= 15 is 0 Å². The zero-order valence-corrected chi connectivity index (χ0v) is 13.8. The molecule has 0 atom stereocenters. The number of nitrogens with one attached hydrogen (secondary N) is 1. The first kappa shape index (κ1) is 15.0. The van der Waals surface area contributed by atoms with Crippen LogP contribution in [0.3, 0.4) is 0 Å². The Morgan fingerprint density at radius 3 is 2.65 bits per heavy atom. The molecule has 20 heavy (non-hydrogen) atoms. The molecular formula is C15H18IN3O. The van der Waals surface area contributed by atoms with E-state index in [0.717, 1.165) is 33.8 Å². The highest BCUT2D eigenvalue weighted by Crippen LogP contribution is 2.19. The van der Waals surface area contributed by atoms with Gasteiger partial charge in [0.05, 0.1) is 9.26 Å². The van der Waals surface area contributed by atoms with E-state index in [0.29, 0.717) is 12.4 Å². The number of halogens is 1. The van der Waals surface area contributed by atoms with Crippen LogP contribution < -0.4 is 10.1 Å². The molecule has 1 heterocycles. The van der Waals surface area contributed by atoms with Crippen LogP contribution in [0.15, 0.2) is 30.3 Å². The maximum atomic E-state index is 5.69. The summed E-state index contributed by atoms with van der Waals surface area (Å²) in [5, 5.41) is 3.33. The lowest BCUT2D eigenvalue weighted by molar-refractivity contribution is 0.295.